The van der Waals surface area contributed by atoms with E-state index in [0.29, 0.717) is 23.3 Å². The minimum atomic E-state index is -0.299. The van der Waals surface area contributed by atoms with Gasteiger partial charge < -0.3 is 15.1 Å². The fraction of sp³-hybridized carbons (Fsp3) is 0.375. The molecule has 2 aromatic carbocycles. The molecule has 0 bridgehead atoms. The van der Waals surface area contributed by atoms with E-state index in [0.717, 1.165) is 25.1 Å². The maximum atomic E-state index is 14.7. The number of hydrogen-bond acceptors (Lipinski definition) is 3. The molecule has 1 fully saturated rings. The third kappa shape index (κ3) is 5.04. The van der Waals surface area contributed by atoms with Crippen molar-refractivity contribution in [1.82, 2.24) is 5.32 Å². The molecule has 1 N–H and O–H groups in total. The number of nitrogens with one attached hydrogen (secondary N) is 1. The molecule has 0 radical (unpaired) electrons. The van der Waals surface area contributed by atoms with Crippen LogP contribution in [0.4, 0.5) is 15.8 Å². The van der Waals surface area contributed by atoms with Crippen LogP contribution >= 0.6 is 0 Å². The van der Waals surface area contributed by atoms with Crippen LogP contribution in [0.15, 0.2) is 48.5 Å². The van der Waals surface area contributed by atoms with Gasteiger partial charge in [0.25, 0.3) is 5.91 Å². The second-order valence-electron chi connectivity index (χ2n) is 7.91. The van der Waals surface area contributed by atoms with Gasteiger partial charge in [-0.2, -0.15) is 0 Å². The summed E-state index contributed by atoms with van der Waals surface area (Å²) in [5.74, 6) is -0.0167. The molecule has 2 aromatic rings. The summed E-state index contributed by atoms with van der Waals surface area (Å²) < 4.78 is 14.7. The van der Waals surface area contributed by atoms with Crippen LogP contribution in [0.3, 0.4) is 0 Å². The molecule has 1 amide bonds. The molecule has 0 saturated carbocycles. The van der Waals surface area contributed by atoms with Gasteiger partial charge >= 0.3 is 0 Å². The number of carbonyl (C=O) groups is 1. The molecule has 29 heavy (non-hydrogen) atoms. The van der Waals surface area contributed by atoms with Crippen molar-refractivity contribution in [3.63, 3.8) is 0 Å². The standard InChI is InChI=1S/C24H30FN3O.H2/c1-17(2)19-8-5-18(6-9-19)7-12-24(29)27(4)21-10-11-23(22(25)15-21)28-14-13-20(16-28)26-3;/h5-12,15,17,20,26H,13-14,16H2,1-4H3;1H/b12-7+;. The number of carbonyl (C=O) groups excluding carboxylic acids is 1. The van der Waals surface area contributed by atoms with E-state index < -0.39 is 0 Å². The molecule has 156 valence electrons. The third-order valence-electron chi connectivity index (χ3n) is 5.61. The van der Waals surface area contributed by atoms with E-state index in [4.69, 9.17) is 0 Å². The van der Waals surface area contributed by atoms with Crippen molar-refractivity contribution >= 4 is 23.4 Å². The maximum absolute atomic E-state index is 14.7. The van der Waals surface area contributed by atoms with Gasteiger partial charge in [0.1, 0.15) is 5.82 Å². The minimum Gasteiger partial charge on any atom is -0.368 e. The van der Waals surface area contributed by atoms with E-state index in [1.54, 1.807) is 25.3 Å². The van der Waals surface area contributed by atoms with Crippen molar-refractivity contribution in [1.29, 1.82) is 0 Å². The molecule has 1 atom stereocenters. The number of halogens is 1. The molecule has 1 heterocycles. The average molecular weight is 398 g/mol. The molecule has 1 aliphatic rings. The Labute approximate surface area is 174 Å². The molecule has 1 saturated heterocycles. The van der Waals surface area contributed by atoms with Gasteiger partial charge in [-0.05, 0) is 54.8 Å². The van der Waals surface area contributed by atoms with E-state index >= 15 is 0 Å². The van der Waals surface area contributed by atoms with Gasteiger partial charge in [-0.1, -0.05) is 38.1 Å². The summed E-state index contributed by atoms with van der Waals surface area (Å²) in [6.45, 7) is 5.92. The molecule has 1 unspecified atom stereocenters. The van der Waals surface area contributed by atoms with Gasteiger partial charge in [0, 0.05) is 39.4 Å². The fourth-order valence-electron chi connectivity index (χ4n) is 3.57. The number of anilines is 2. The summed E-state index contributed by atoms with van der Waals surface area (Å²) in [5, 5.41) is 3.24. The first kappa shape index (κ1) is 21.1. The first-order chi connectivity index (χ1) is 13.9. The van der Waals surface area contributed by atoms with Crippen LogP contribution in [-0.2, 0) is 4.79 Å². The molecule has 0 aliphatic carbocycles. The highest BCUT2D eigenvalue weighted by atomic mass is 19.1. The van der Waals surface area contributed by atoms with E-state index in [1.807, 2.05) is 24.1 Å². The third-order valence-corrected chi connectivity index (χ3v) is 5.61. The summed E-state index contributed by atoms with van der Waals surface area (Å²) in [6.07, 6.45) is 4.31. The van der Waals surface area contributed by atoms with Crippen LogP contribution in [0.2, 0.25) is 0 Å². The SMILES string of the molecule is CNC1CCN(c2ccc(N(C)C(=O)/C=C/c3ccc(C(C)C)cc3)cc2F)C1.[HH]. The summed E-state index contributed by atoms with van der Waals surface area (Å²) in [7, 11) is 3.59. The van der Waals surface area contributed by atoms with Crippen LogP contribution < -0.4 is 15.1 Å². The normalized spacial score (nSPS) is 16.8. The zero-order chi connectivity index (χ0) is 21.0. The number of hydrogen-bond donors (Lipinski definition) is 1. The highest BCUT2D eigenvalue weighted by Gasteiger charge is 2.23. The van der Waals surface area contributed by atoms with Crippen molar-refractivity contribution in [2.75, 3.05) is 37.0 Å². The van der Waals surface area contributed by atoms with E-state index in [2.05, 4.69) is 31.3 Å². The lowest BCUT2D eigenvalue weighted by Crippen LogP contribution is -2.30. The van der Waals surface area contributed by atoms with E-state index in [-0.39, 0.29) is 13.2 Å². The lowest BCUT2D eigenvalue weighted by atomic mass is 10.0. The van der Waals surface area contributed by atoms with Gasteiger partial charge in [0.05, 0.1) is 5.69 Å². The first-order valence-electron chi connectivity index (χ1n) is 10.2. The number of rotatable bonds is 6. The van der Waals surface area contributed by atoms with Gasteiger partial charge in [-0.25, -0.2) is 4.39 Å². The topological polar surface area (TPSA) is 35.6 Å². The Kier molecular flexibility index (Phi) is 6.70. The summed E-state index contributed by atoms with van der Waals surface area (Å²) in [6, 6.07) is 13.5. The predicted octanol–water partition coefficient (Wildman–Crippen LogP) is 4.67. The maximum Gasteiger partial charge on any atom is 0.250 e. The lowest BCUT2D eigenvalue weighted by Gasteiger charge is -2.21. The Morgan fingerprint density at radius 1 is 1.28 bits per heavy atom. The monoisotopic (exact) mass is 397 g/mol. The van der Waals surface area contributed by atoms with Gasteiger partial charge in [-0.15, -0.1) is 0 Å². The van der Waals surface area contributed by atoms with Crippen molar-refractivity contribution < 1.29 is 10.6 Å². The Morgan fingerprint density at radius 3 is 2.59 bits per heavy atom. The number of amides is 1. The smallest absolute Gasteiger partial charge is 0.250 e. The highest BCUT2D eigenvalue weighted by molar-refractivity contribution is 6.03. The first-order valence-corrected chi connectivity index (χ1v) is 10.2. The molecule has 0 spiro atoms. The van der Waals surface area contributed by atoms with Crippen LogP contribution in [0.1, 0.15) is 38.7 Å². The quantitative estimate of drug-likeness (QED) is 0.720. The second kappa shape index (κ2) is 9.23. The number of benzene rings is 2. The molecule has 0 aromatic heterocycles. The zero-order valence-electron chi connectivity index (χ0n) is 17.7. The van der Waals surface area contributed by atoms with Crippen molar-refractivity contribution in [2.24, 2.45) is 0 Å². The van der Waals surface area contributed by atoms with Gasteiger partial charge in [0.15, 0.2) is 0 Å². The Balaban J connectivity index is 0.00000320. The van der Waals surface area contributed by atoms with Crippen LogP contribution in [0.5, 0.6) is 0 Å². The average Bonchev–Trinajstić information content (AvgIpc) is 3.20. The predicted molar refractivity (Wildman–Crippen MR) is 121 cm³/mol. The van der Waals surface area contributed by atoms with Crippen LogP contribution in [0.25, 0.3) is 6.08 Å². The molecular weight excluding hydrogens is 365 g/mol. The molecule has 3 rings (SSSR count). The summed E-state index contributed by atoms with van der Waals surface area (Å²) in [5.41, 5.74) is 3.36. The Morgan fingerprint density at radius 2 is 2.00 bits per heavy atom. The molecule has 5 heteroatoms. The molecule has 4 nitrogen and oxygen atoms in total. The lowest BCUT2D eigenvalue weighted by molar-refractivity contribution is -0.113. The Bertz CT molecular complexity index is 883. The summed E-state index contributed by atoms with van der Waals surface area (Å²) in [4.78, 5) is 16.0. The fourth-order valence-corrected chi connectivity index (χ4v) is 3.57. The van der Waals surface area contributed by atoms with Crippen molar-refractivity contribution in [3.8, 4) is 0 Å². The van der Waals surface area contributed by atoms with E-state index in [1.165, 1.54) is 22.6 Å². The Hall–Kier alpha value is -2.66. The van der Waals surface area contributed by atoms with Crippen LogP contribution in [0, 0.1) is 5.82 Å². The number of nitrogens with zero attached hydrogens (tertiary/aromatic N) is 2. The van der Waals surface area contributed by atoms with Crippen molar-refractivity contribution in [2.45, 2.75) is 32.2 Å². The largest absolute Gasteiger partial charge is 0.368 e. The van der Waals surface area contributed by atoms with Gasteiger partial charge in [0.2, 0.25) is 0 Å². The van der Waals surface area contributed by atoms with Gasteiger partial charge in [-0.3, -0.25) is 4.79 Å². The minimum absolute atomic E-state index is 0. The second-order valence-corrected chi connectivity index (χ2v) is 7.91. The van der Waals surface area contributed by atoms with Crippen molar-refractivity contribution in [3.05, 3.63) is 65.5 Å². The molecular formula is C24H32FN3O. The molecule has 1 aliphatic heterocycles. The zero-order valence-corrected chi connectivity index (χ0v) is 17.7. The number of likely N-dealkylation sites (N-methyl/N-ethyl adjacent to an activating group) is 2. The summed E-state index contributed by atoms with van der Waals surface area (Å²) >= 11 is 0. The highest BCUT2D eigenvalue weighted by Crippen LogP contribution is 2.27. The van der Waals surface area contributed by atoms with E-state index in [9.17, 15) is 9.18 Å². The van der Waals surface area contributed by atoms with Crippen LogP contribution in [-0.4, -0.2) is 39.1 Å².